The van der Waals surface area contributed by atoms with Gasteiger partial charge in [0.2, 0.25) is 18.2 Å². The molecule has 0 heterocycles. The van der Waals surface area contributed by atoms with Gasteiger partial charge in [-0.15, -0.1) is 0 Å². The van der Waals surface area contributed by atoms with Gasteiger partial charge in [-0.05, 0) is 35.1 Å². The van der Waals surface area contributed by atoms with Crippen molar-refractivity contribution >= 4 is 18.2 Å². The van der Waals surface area contributed by atoms with Crippen LogP contribution < -0.4 is 10.6 Å². The number of nitrogens with one attached hydrogen (secondary N) is 2. The Hall–Kier alpha value is -3.41. The first-order chi connectivity index (χ1) is 14.8. The van der Waals surface area contributed by atoms with Gasteiger partial charge in [-0.3, -0.25) is 14.4 Å². The lowest BCUT2D eigenvalue weighted by molar-refractivity contribution is -0.132. The highest BCUT2D eigenvalue weighted by Crippen LogP contribution is 2.43. The molecule has 0 aliphatic heterocycles. The van der Waals surface area contributed by atoms with E-state index in [1.807, 2.05) is 56.3 Å². The second-order valence-electron chi connectivity index (χ2n) is 8.17. The minimum Gasteiger partial charge on any atom is -0.350 e. The van der Waals surface area contributed by atoms with Gasteiger partial charge in [0, 0.05) is 12.6 Å². The normalized spacial score (nSPS) is 13.9. The number of nitrogens with zero attached hydrogens (tertiary/aromatic N) is 1. The summed E-state index contributed by atoms with van der Waals surface area (Å²) in [5.74, 6) is -0.288. The molecule has 1 aliphatic carbocycles. The molecular formula is C25H29N3O3. The number of carbonyl (C=O) groups is 3. The molecule has 1 atom stereocenters. The number of likely N-dealkylation sites (N-methyl/N-ethyl adjacent to an activating group) is 1. The lowest BCUT2D eigenvalue weighted by Crippen LogP contribution is -2.43. The van der Waals surface area contributed by atoms with Crippen molar-refractivity contribution in [1.82, 2.24) is 15.5 Å². The highest BCUT2D eigenvalue weighted by Gasteiger charge is 2.30. The molecular weight excluding hydrogens is 390 g/mol. The van der Waals surface area contributed by atoms with Gasteiger partial charge >= 0.3 is 0 Å². The SMILES string of the molecule is CC(=C[C@H](C(C)C)N(C)C(=O)CNC=O)C(=O)NC1c2ccccc2-c2ccccc21. The summed E-state index contributed by atoms with van der Waals surface area (Å²) in [6.45, 7) is 5.68. The molecule has 6 heteroatoms. The number of rotatable bonds is 8. The van der Waals surface area contributed by atoms with Crippen LogP contribution in [0.2, 0.25) is 0 Å². The predicted octanol–water partition coefficient (Wildman–Crippen LogP) is 3.05. The maximum absolute atomic E-state index is 13.1. The Kier molecular flexibility index (Phi) is 6.90. The second kappa shape index (κ2) is 9.60. The van der Waals surface area contributed by atoms with Crippen molar-refractivity contribution < 1.29 is 14.4 Å². The molecule has 2 N–H and O–H groups in total. The number of hydrogen-bond acceptors (Lipinski definition) is 3. The first-order valence-electron chi connectivity index (χ1n) is 10.4. The van der Waals surface area contributed by atoms with Crippen LogP contribution in [0.1, 0.15) is 37.9 Å². The Morgan fingerprint density at radius 3 is 2.10 bits per heavy atom. The molecule has 6 nitrogen and oxygen atoms in total. The maximum Gasteiger partial charge on any atom is 0.247 e. The van der Waals surface area contributed by atoms with Crippen LogP contribution in [0.25, 0.3) is 11.1 Å². The second-order valence-corrected chi connectivity index (χ2v) is 8.17. The van der Waals surface area contributed by atoms with E-state index in [1.165, 1.54) is 0 Å². The van der Waals surface area contributed by atoms with E-state index in [0.717, 1.165) is 22.3 Å². The van der Waals surface area contributed by atoms with Gasteiger partial charge in [0.05, 0.1) is 18.6 Å². The number of carbonyl (C=O) groups excluding carboxylic acids is 3. The van der Waals surface area contributed by atoms with Crippen LogP contribution in [0, 0.1) is 5.92 Å². The van der Waals surface area contributed by atoms with Gasteiger partial charge in [-0.25, -0.2) is 0 Å². The van der Waals surface area contributed by atoms with Gasteiger partial charge in [-0.2, -0.15) is 0 Å². The van der Waals surface area contributed by atoms with E-state index in [1.54, 1.807) is 18.9 Å². The summed E-state index contributed by atoms with van der Waals surface area (Å²) in [6.07, 6.45) is 2.33. The van der Waals surface area contributed by atoms with E-state index >= 15 is 0 Å². The van der Waals surface area contributed by atoms with E-state index in [-0.39, 0.29) is 36.4 Å². The molecule has 0 bridgehead atoms. The largest absolute Gasteiger partial charge is 0.350 e. The first kappa shape index (κ1) is 22.3. The fourth-order valence-corrected chi connectivity index (χ4v) is 4.06. The Bertz CT molecular complexity index is 967. The van der Waals surface area contributed by atoms with Crippen LogP contribution in [-0.4, -0.2) is 42.8 Å². The molecule has 3 rings (SSSR count). The van der Waals surface area contributed by atoms with Crippen LogP contribution in [0.5, 0.6) is 0 Å². The van der Waals surface area contributed by atoms with Crippen molar-refractivity contribution in [2.75, 3.05) is 13.6 Å². The molecule has 0 unspecified atom stereocenters. The highest BCUT2D eigenvalue weighted by atomic mass is 16.2. The van der Waals surface area contributed by atoms with Crippen molar-refractivity contribution in [2.45, 2.75) is 32.9 Å². The smallest absolute Gasteiger partial charge is 0.247 e. The summed E-state index contributed by atoms with van der Waals surface area (Å²) < 4.78 is 0. The van der Waals surface area contributed by atoms with Gasteiger partial charge in [0.25, 0.3) is 0 Å². The average Bonchev–Trinajstić information content (AvgIpc) is 3.08. The van der Waals surface area contributed by atoms with Crippen molar-refractivity contribution in [1.29, 1.82) is 0 Å². The quantitative estimate of drug-likeness (QED) is 0.510. The molecule has 2 aromatic carbocycles. The zero-order chi connectivity index (χ0) is 22.5. The molecule has 0 spiro atoms. The van der Waals surface area contributed by atoms with E-state index < -0.39 is 0 Å². The predicted molar refractivity (Wildman–Crippen MR) is 121 cm³/mol. The molecule has 0 saturated carbocycles. The fourth-order valence-electron chi connectivity index (χ4n) is 4.06. The minimum atomic E-state index is -0.269. The van der Waals surface area contributed by atoms with Gasteiger partial charge in [0.15, 0.2) is 0 Å². The lowest BCUT2D eigenvalue weighted by Gasteiger charge is -2.29. The van der Waals surface area contributed by atoms with Gasteiger partial charge in [0.1, 0.15) is 0 Å². The Morgan fingerprint density at radius 1 is 1.03 bits per heavy atom. The molecule has 162 valence electrons. The number of benzene rings is 2. The van der Waals surface area contributed by atoms with E-state index in [2.05, 4.69) is 22.8 Å². The van der Waals surface area contributed by atoms with Crippen LogP contribution in [-0.2, 0) is 14.4 Å². The van der Waals surface area contributed by atoms with Crippen LogP contribution >= 0.6 is 0 Å². The molecule has 0 saturated heterocycles. The van der Waals surface area contributed by atoms with Crippen LogP contribution in [0.15, 0.2) is 60.2 Å². The fraction of sp³-hybridized carbons (Fsp3) is 0.320. The third kappa shape index (κ3) is 4.68. The number of fused-ring (bicyclic) bond motifs is 3. The number of amides is 3. The summed E-state index contributed by atoms with van der Waals surface area (Å²) in [5.41, 5.74) is 4.98. The molecule has 0 fully saturated rings. The van der Waals surface area contributed by atoms with E-state index in [0.29, 0.717) is 12.0 Å². The standard InChI is InChI=1S/C25H29N3O3/c1-16(2)22(28(4)23(30)14-26-15-29)13-17(3)25(31)27-24-20-11-7-5-9-18(20)19-10-6-8-12-21(19)24/h5-13,15-16,22,24H,14H2,1-4H3,(H,26,29)(H,27,31)/t22-/m1/s1. The molecule has 0 aromatic heterocycles. The Morgan fingerprint density at radius 2 is 1.58 bits per heavy atom. The summed E-state index contributed by atoms with van der Waals surface area (Å²) >= 11 is 0. The van der Waals surface area contributed by atoms with Gasteiger partial charge < -0.3 is 15.5 Å². The zero-order valence-electron chi connectivity index (χ0n) is 18.4. The topological polar surface area (TPSA) is 78.5 Å². The first-order valence-corrected chi connectivity index (χ1v) is 10.4. The summed E-state index contributed by atoms with van der Waals surface area (Å²) in [5, 5.41) is 5.56. The minimum absolute atomic E-state index is 0.0715. The van der Waals surface area contributed by atoms with Crippen molar-refractivity contribution in [2.24, 2.45) is 5.92 Å². The van der Waals surface area contributed by atoms with Crippen molar-refractivity contribution in [3.8, 4) is 11.1 Å². The summed E-state index contributed by atoms with van der Waals surface area (Å²) in [6, 6.07) is 15.7. The molecule has 3 amide bonds. The van der Waals surface area contributed by atoms with Gasteiger partial charge in [-0.1, -0.05) is 68.5 Å². The third-order valence-corrected chi connectivity index (χ3v) is 5.75. The lowest BCUT2D eigenvalue weighted by atomic mass is 9.99. The Labute approximate surface area is 183 Å². The van der Waals surface area contributed by atoms with E-state index in [9.17, 15) is 14.4 Å². The molecule has 2 aromatic rings. The van der Waals surface area contributed by atoms with Crippen LogP contribution in [0.3, 0.4) is 0 Å². The maximum atomic E-state index is 13.1. The molecule has 31 heavy (non-hydrogen) atoms. The number of hydrogen-bond donors (Lipinski definition) is 2. The van der Waals surface area contributed by atoms with E-state index in [4.69, 9.17) is 0 Å². The molecule has 0 radical (unpaired) electrons. The van der Waals surface area contributed by atoms with Crippen molar-refractivity contribution in [3.05, 3.63) is 71.3 Å². The summed E-state index contributed by atoms with van der Waals surface area (Å²) in [4.78, 5) is 37.5. The van der Waals surface area contributed by atoms with Crippen LogP contribution in [0.4, 0.5) is 0 Å². The zero-order valence-corrected chi connectivity index (χ0v) is 18.4. The molecule has 1 aliphatic rings. The van der Waals surface area contributed by atoms with Crippen molar-refractivity contribution in [3.63, 3.8) is 0 Å². The Balaban J connectivity index is 1.81. The summed E-state index contributed by atoms with van der Waals surface area (Å²) in [7, 11) is 1.69. The average molecular weight is 420 g/mol. The monoisotopic (exact) mass is 419 g/mol. The third-order valence-electron chi connectivity index (χ3n) is 5.75. The highest BCUT2D eigenvalue weighted by molar-refractivity contribution is 5.94.